The molecular formula is C20H21NO5. The van der Waals surface area contributed by atoms with Gasteiger partial charge in [-0.05, 0) is 30.2 Å². The van der Waals surface area contributed by atoms with Crippen LogP contribution in [0.1, 0.15) is 28.8 Å². The van der Waals surface area contributed by atoms with Gasteiger partial charge in [0.2, 0.25) is 5.91 Å². The van der Waals surface area contributed by atoms with Gasteiger partial charge in [-0.2, -0.15) is 0 Å². The molecule has 0 saturated carbocycles. The number of hydrogen-bond donors (Lipinski definition) is 2. The Kier molecular flexibility index (Phi) is 5.86. The Morgan fingerprint density at radius 1 is 1.15 bits per heavy atom. The van der Waals surface area contributed by atoms with Gasteiger partial charge in [0.1, 0.15) is 11.9 Å². The average Bonchev–Trinajstić information content (AvgIpc) is 3.15. The number of carbonyl (C=O) groups is 2. The summed E-state index contributed by atoms with van der Waals surface area (Å²) < 4.78 is 11.2. The SMILES string of the molecule is O=C(CCc1ccccc1C(=O)O)Nc1ccccc1OC1CCOC1. The molecule has 1 unspecified atom stereocenters. The third-order valence-electron chi connectivity index (χ3n) is 4.21. The molecule has 1 amide bonds. The summed E-state index contributed by atoms with van der Waals surface area (Å²) in [6.45, 7) is 1.23. The summed E-state index contributed by atoms with van der Waals surface area (Å²) >= 11 is 0. The van der Waals surface area contributed by atoms with Crippen molar-refractivity contribution in [3.05, 3.63) is 59.7 Å². The molecule has 1 fully saturated rings. The molecule has 1 saturated heterocycles. The summed E-state index contributed by atoms with van der Waals surface area (Å²) in [7, 11) is 0. The number of aryl methyl sites for hydroxylation is 1. The number of nitrogens with one attached hydrogen (secondary N) is 1. The fourth-order valence-corrected chi connectivity index (χ4v) is 2.87. The third kappa shape index (κ3) is 4.61. The summed E-state index contributed by atoms with van der Waals surface area (Å²) in [5, 5.41) is 12.1. The molecule has 2 N–H and O–H groups in total. The lowest BCUT2D eigenvalue weighted by Gasteiger charge is -2.16. The van der Waals surface area contributed by atoms with Crippen molar-refractivity contribution in [1.82, 2.24) is 0 Å². The number of hydrogen-bond acceptors (Lipinski definition) is 4. The van der Waals surface area contributed by atoms with Crippen LogP contribution in [0, 0.1) is 0 Å². The average molecular weight is 355 g/mol. The van der Waals surface area contributed by atoms with Crippen LogP contribution in [0.5, 0.6) is 5.75 Å². The predicted molar refractivity (Wildman–Crippen MR) is 96.6 cm³/mol. The first-order chi connectivity index (χ1) is 12.6. The highest BCUT2D eigenvalue weighted by atomic mass is 16.5. The molecule has 1 heterocycles. The van der Waals surface area contributed by atoms with Crippen molar-refractivity contribution < 1.29 is 24.2 Å². The quantitative estimate of drug-likeness (QED) is 0.797. The zero-order valence-electron chi connectivity index (χ0n) is 14.3. The number of carboxylic acids is 1. The first-order valence-electron chi connectivity index (χ1n) is 8.58. The summed E-state index contributed by atoms with van der Waals surface area (Å²) in [6.07, 6.45) is 1.36. The Morgan fingerprint density at radius 2 is 1.92 bits per heavy atom. The van der Waals surface area contributed by atoms with E-state index >= 15 is 0 Å². The lowest BCUT2D eigenvalue weighted by atomic mass is 10.0. The highest BCUT2D eigenvalue weighted by Gasteiger charge is 2.19. The zero-order valence-corrected chi connectivity index (χ0v) is 14.3. The van der Waals surface area contributed by atoms with Crippen LogP contribution in [0.25, 0.3) is 0 Å². The topological polar surface area (TPSA) is 84.9 Å². The second-order valence-electron chi connectivity index (χ2n) is 6.11. The monoisotopic (exact) mass is 355 g/mol. The van der Waals surface area contributed by atoms with Crippen LogP contribution in [-0.4, -0.2) is 36.3 Å². The number of anilines is 1. The van der Waals surface area contributed by atoms with E-state index in [4.69, 9.17) is 9.47 Å². The molecule has 0 bridgehead atoms. The molecule has 26 heavy (non-hydrogen) atoms. The van der Waals surface area contributed by atoms with Gasteiger partial charge in [-0.3, -0.25) is 4.79 Å². The van der Waals surface area contributed by atoms with E-state index in [1.165, 1.54) is 0 Å². The minimum Gasteiger partial charge on any atom is -0.486 e. The maximum Gasteiger partial charge on any atom is 0.335 e. The van der Waals surface area contributed by atoms with E-state index in [2.05, 4.69) is 5.32 Å². The van der Waals surface area contributed by atoms with Crippen molar-refractivity contribution in [2.75, 3.05) is 18.5 Å². The van der Waals surface area contributed by atoms with Crippen LogP contribution in [-0.2, 0) is 16.0 Å². The van der Waals surface area contributed by atoms with Crippen LogP contribution in [0.3, 0.4) is 0 Å². The molecule has 6 heteroatoms. The van der Waals surface area contributed by atoms with E-state index in [0.717, 1.165) is 6.42 Å². The minimum atomic E-state index is -0.987. The van der Waals surface area contributed by atoms with Gasteiger partial charge in [-0.25, -0.2) is 4.79 Å². The normalized spacial score (nSPS) is 16.2. The number of carbonyl (C=O) groups excluding carboxylic acids is 1. The fourth-order valence-electron chi connectivity index (χ4n) is 2.87. The van der Waals surface area contributed by atoms with Gasteiger partial charge in [0, 0.05) is 12.8 Å². The van der Waals surface area contributed by atoms with Gasteiger partial charge in [0.25, 0.3) is 0 Å². The molecule has 1 aliphatic heterocycles. The molecule has 3 rings (SSSR count). The van der Waals surface area contributed by atoms with Gasteiger partial charge in [0.15, 0.2) is 0 Å². The van der Waals surface area contributed by atoms with Crippen molar-refractivity contribution in [3.8, 4) is 5.75 Å². The van der Waals surface area contributed by atoms with Crippen molar-refractivity contribution >= 4 is 17.6 Å². The van der Waals surface area contributed by atoms with Gasteiger partial charge < -0.3 is 19.9 Å². The first kappa shape index (κ1) is 17.9. The van der Waals surface area contributed by atoms with E-state index in [0.29, 0.717) is 36.6 Å². The molecule has 136 valence electrons. The van der Waals surface area contributed by atoms with Crippen LogP contribution < -0.4 is 10.1 Å². The zero-order chi connectivity index (χ0) is 18.4. The maximum atomic E-state index is 12.3. The van der Waals surface area contributed by atoms with Crippen molar-refractivity contribution in [2.24, 2.45) is 0 Å². The molecule has 6 nitrogen and oxygen atoms in total. The Hall–Kier alpha value is -2.86. The predicted octanol–water partition coefficient (Wildman–Crippen LogP) is 3.12. The van der Waals surface area contributed by atoms with Gasteiger partial charge in [-0.1, -0.05) is 30.3 Å². The van der Waals surface area contributed by atoms with E-state index in [1.54, 1.807) is 30.3 Å². The molecule has 0 radical (unpaired) electrons. The second kappa shape index (κ2) is 8.49. The summed E-state index contributed by atoms with van der Waals surface area (Å²) in [5.74, 6) is -0.565. The van der Waals surface area contributed by atoms with Crippen molar-refractivity contribution in [3.63, 3.8) is 0 Å². The first-order valence-corrected chi connectivity index (χ1v) is 8.58. The molecular weight excluding hydrogens is 334 g/mol. The lowest BCUT2D eigenvalue weighted by Crippen LogP contribution is -2.18. The van der Waals surface area contributed by atoms with Gasteiger partial charge >= 0.3 is 5.97 Å². The largest absolute Gasteiger partial charge is 0.486 e. The smallest absolute Gasteiger partial charge is 0.335 e. The van der Waals surface area contributed by atoms with Crippen LogP contribution in [0.4, 0.5) is 5.69 Å². The molecule has 2 aromatic carbocycles. The molecule has 2 aromatic rings. The van der Waals surface area contributed by atoms with Gasteiger partial charge in [-0.15, -0.1) is 0 Å². The number of ether oxygens (including phenoxy) is 2. The van der Waals surface area contributed by atoms with Crippen molar-refractivity contribution in [1.29, 1.82) is 0 Å². The highest BCUT2D eigenvalue weighted by molar-refractivity contribution is 5.93. The number of para-hydroxylation sites is 2. The number of aromatic carboxylic acids is 1. The third-order valence-corrected chi connectivity index (χ3v) is 4.21. The second-order valence-corrected chi connectivity index (χ2v) is 6.11. The Labute approximate surface area is 151 Å². The molecule has 0 aromatic heterocycles. The fraction of sp³-hybridized carbons (Fsp3) is 0.300. The Bertz CT molecular complexity index is 783. The highest BCUT2D eigenvalue weighted by Crippen LogP contribution is 2.27. The summed E-state index contributed by atoms with van der Waals surface area (Å²) in [4.78, 5) is 23.6. The van der Waals surface area contributed by atoms with E-state index < -0.39 is 5.97 Å². The number of carboxylic acid groups (broad SMARTS) is 1. The molecule has 1 atom stereocenters. The standard InChI is InChI=1S/C20H21NO5/c22-19(10-9-14-5-1-2-6-16(14)20(23)24)21-17-7-3-4-8-18(17)26-15-11-12-25-13-15/h1-8,15H,9-13H2,(H,21,22)(H,23,24). The molecule has 1 aliphatic rings. The summed E-state index contributed by atoms with van der Waals surface area (Å²) in [5.41, 5.74) is 1.48. The van der Waals surface area contributed by atoms with Crippen LogP contribution in [0.2, 0.25) is 0 Å². The van der Waals surface area contributed by atoms with E-state index in [-0.39, 0.29) is 24.0 Å². The van der Waals surface area contributed by atoms with Crippen LogP contribution in [0.15, 0.2) is 48.5 Å². The number of amides is 1. The van der Waals surface area contributed by atoms with Gasteiger partial charge in [0.05, 0.1) is 24.5 Å². The maximum absolute atomic E-state index is 12.3. The van der Waals surface area contributed by atoms with E-state index in [9.17, 15) is 14.7 Å². The summed E-state index contributed by atoms with van der Waals surface area (Å²) in [6, 6.07) is 14.0. The molecule has 0 spiro atoms. The van der Waals surface area contributed by atoms with Crippen molar-refractivity contribution in [2.45, 2.75) is 25.4 Å². The number of benzene rings is 2. The lowest BCUT2D eigenvalue weighted by molar-refractivity contribution is -0.116. The van der Waals surface area contributed by atoms with Crippen LogP contribution >= 0.6 is 0 Å². The molecule has 0 aliphatic carbocycles. The Morgan fingerprint density at radius 3 is 2.69 bits per heavy atom. The number of rotatable bonds is 7. The van der Waals surface area contributed by atoms with E-state index in [1.807, 2.05) is 18.2 Å². The minimum absolute atomic E-state index is 0.00417. The Balaban J connectivity index is 1.61.